The van der Waals surface area contributed by atoms with Crippen molar-refractivity contribution in [1.82, 2.24) is 4.90 Å². The van der Waals surface area contributed by atoms with E-state index in [1.807, 2.05) is 69.2 Å². The Kier molecular flexibility index (Phi) is 7.44. The third-order valence-electron chi connectivity index (χ3n) is 4.57. The highest BCUT2D eigenvalue weighted by Gasteiger charge is 2.19. The number of ether oxygens (including phenoxy) is 1. The van der Waals surface area contributed by atoms with Gasteiger partial charge in [0.1, 0.15) is 5.75 Å². The lowest BCUT2D eigenvalue weighted by Crippen LogP contribution is -2.31. The van der Waals surface area contributed by atoms with Crippen LogP contribution >= 0.6 is 0 Å². The number of nitrogens with zero attached hydrogens (tertiary/aromatic N) is 2. The van der Waals surface area contributed by atoms with Crippen molar-refractivity contribution in [3.05, 3.63) is 53.6 Å². The predicted molar refractivity (Wildman–Crippen MR) is 113 cm³/mol. The van der Waals surface area contributed by atoms with Crippen LogP contribution in [0.3, 0.4) is 0 Å². The lowest BCUT2D eigenvalue weighted by atomic mass is 10.1. The first-order valence-electron chi connectivity index (χ1n) is 9.43. The number of carbonyl (C=O) groups excluding carboxylic acids is 2. The highest BCUT2D eigenvalue weighted by Crippen LogP contribution is 2.25. The number of rotatable bonds is 8. The van der Waals surface area contributed by atoms with E-state index in [0.717, 1.165) is 17.0 Å². The Labute approximate surface area is 167 Å². The number of hydrogen-bond donors (Lipinski definition) is 1. The number of benzene rings is 2. The SMILES string of the molecule is CCN(CC)C(=O)c1cc(NC(=O)Cc2ccc(OC)cc2)ccc1N(C)C. The lowest BCUT2D eigenvalue weighted by molar-refractivity contribution is -0.115. The van der Waals surface area contributed by atoms with E-state index in [2.05, 4.69) is 5.32 Å². The average Bonchev–Trinajstić information content (AvgIpc) is 2.69. The van der Waals surface area contributed by atoms with Gasteiger partial charge in [-0.1, -0.05) is 12.1 Å². The third-order valence-corrected chi connectivity index (χ3v) is 4.57. The maximum atomic E-state index is 12.9. The van der Waals surface area contributed by atoms with Gasteiger partial charge in [0.25, 0.3) is 5.91 Å². The molecule has 0 saturated heterocycles. The molecule has 1 N–H and O–H groups in total. The molecule has 0 aliphatic rings. The molecule has 0 spiro atoms. The van der Waals surface area contributed by atoms with E-state index >= 15 is 0 Å². The second-order valence-electron chi connectivity index (χ2n) is 6.68. The number of nitrogens with one attached hydrogen (secondary N) is 1. The Bertz CT molecular complexity index is 812. The van der Waals surface area contributed by atoms with Gasteiger partial charge in [-0.15, -0.1) is 0 Å². The fourth-order valence-corrected chi connectivity index (χ4v) is 2.99. The molecule has 0 fully saturated rings. The summed E-state index contributed by atoms with van der Waals surface area (Å²) in [5, 5.41) is 2.90. The molecule has 2 rings (SSSR count). The van der Waals surface area contributed by atoms with Gasteiger partial charge in [-0.3, -0.25) is 9.59 Å². The quantitative estimate of drug-likeness (QED) is 0.759. The summed E-state index contributed by atoms with van der Waals surface area (Å²) >= 11 is 0. The molecule has 0 saturated carbocycles. The first kappa shape index (κ1) is 21.3. The van der Waals surface area contributed by atoms with E-state index in [1.165, 1.54) is 0 Å². The molecular formula is C22H29N3O3. The van der Waals surface area contributed by atoms with Gasteiger partial charge in [-0.25, -0.2) is 0 Å². The van der Waals surface area contributed by atoms with Gasteiger partial charge in [0.15, 0.2) is 0 Å². The van der Waals surface area contributed by atoms with Crippen LogP contribution in [0.25, 0.3) is 0 Å². The van der Waals surface area contributed by atoms with E-state index in [9.17, 15) is 9.59 Å². The second-order valence-corrected chi connectivity index (χ2v) is 6.68. The van der Waals surface area contributed by atoms with E-state index in [1.54, 1.807) is 18.1 Å². The summed E-state index contributed by atoms with van der Waals surface area (Å²) in [7, 11) is 5.41. The Morgan fingerprint density at radius 2 is 1.64 bits per heavy atom. The fourth-order valence-electron chi connectivity index (χ4n) is 2.99. The van der Waals surface area contributed by atoms with Crippen LogP contribution < -0.4 is 15.0 Å². The van der Waals surface area contributed by atoms with Crippen molar-refractivity contribution < 1.29 is 14.3 Å². The third kappa shape index (κ3) is 5.25. The van der Waals surface area contributed by atoms with Crippen molar-refractivity contribution >= 4 is 23.2 Å². The highest BCUT2D eigenvalue weighted by atomic mass is 16.5. The van der Waals surface area contributed by atoms with Crippen LogP contribution in [0.1, 0.15) is 29.8 Å². The van der Waals surface area contributed by atoms with Gasteiger partial charge in [-0.05, 0) is 49.7 Å². The molecule has 0 bridgehead atoms. The predicted octanol–water partition coefficient (Wildman–Crippen LogP) is 3.42. The van der Waals surface area contributed by atoms with Crippen molar-refractivity contribution in [2.75, 3.05) is 44.5 Å². The Hall–Kier alpha value is -3.02. The van der Waals surface area contributed by atoms with Gasteiger partial charge >= 0.3 is 0 Å². The maximum Gasteiger partial charge on any atom is 0.256 e. The number of amides is 2. The monoisotopic (exact) mass is 383 g/mol. The molecule has 6 heteroatoms. The zero-order valence-corrected chi connectivity index (χ0v) is 17.3. The molecule has 0 aliphatic carbocycles. The summed E-state index contributed by atoms with van der Waals surface area (Å²) in [6.07, 6.45) is 0.249. The summed E-state index contributed by atoms with van der Waals surface area (Å²) in [6.45, 7) is 5.18. The molecule has 2 amide bonds. The standard InChI is InChI=1S/C22H29N3O3/c1-6-25(7-2)22(27)19-15-17(10-13-20(19)24(3)4)23-21(26)14-16-8-11-18(28-5)12-9-16/h8-13,15H,6-7,14H2,1-5H3,(H,23,26). The molecule has 0 aliphatic heterocycles. The molecule has 28 heavy (non-hydrogen) atoms. The molecular weight excluding hydrogens is 354 g/mol. The first-order chi connectivity index (χ1) is 13.4. The van der Waals surface area contributed by atoms with Gasteiger partial charge in [0, 0.05) is 38.6 Å². The van der Waals surface area contributed by atoms with Crippen LogP contribution in [0, 0.1) is 0 Å². The lowest BCUT2D eigenvalue weighted by Gasteiger charge is -2.23. The summed E-state index contributed by atoms with van der Waals surface area (Å²) in [5.41, 5.74) is 2.91. The number of carbonyl (C=O) groups is 2. The topological polar surface area (TPSA) is 61.9 Å². The van der Waals surface area contributed by atoms with Crippen molar-refractivity contribution in [3.63, 3.8) is 0 Å². The number of hydrogen-bond acceptors (Lipinski definition) is 4. The van der Waals surface area contributed by atoms with E-state index in [4.69, 9.17) is 4.74 Å². The Balaban J connectivity index is 2.19. The molecule has 0 unspecified atom stereocenters. The van der Waals surface area contributed by atoms with E-state index < -0.39 is 0 Å². The number of methoxy groups -OCH3 is 1. The van der Waals surface area contributed by atoms with E-state index in [-0.39, 0.29) is 18.2 Å². The first-order valence-corrected chi connectivity index (χ1v) is 9.43. The molecule has 150 valence electrons. The van der Waals surface area contributed by atoms with Crippen molar-refractivity contribution in [2.24, 2.45) is 0 Å². The van der Waals surface area contributed by atoms with Gasteiger partial charge in [0.05, 0.1) is 19.1 Å². The van der Waals surface area contributed by atoms with Crippen molar-refractivity contribution in [1.29, 1.82) is 0 Å². The molecule has 6 nitrogen and oxygen atoms in total. The van der Waals surface area contributed by atoms with Gasteiger partial charge in [-0.2, -0.15) is 0 Å². The van der Waals surface area contributed by atoms with Crippen molar-refractivity contribution in [2.45, 2.75) is 20.3 Å². The van der Waals surface area contributed by atoms with Gasteiger partial charge < -0.3 is 19.9 Å². The summed E-state index contributed by atoms with van der Waals surface area (Å²) < 4.78 is 5.13. The molecule has 0 radical (unpaired) electrons. The smallest absolute Gasteiger partial charge is 0.256 e. The zero-order chi connectivity index (χ0) is 20.7. The van der Waals surface area contributed by atoms with E-state index in [0.29, 0.717) is 24.3 Å². The Morgan fingerprint density at radius 3 is 2.18 bits per heavy atom. The van der Waals surface area contributed by atoms with Crippen LogP contribution in [0.2, 0.25) is 0 Å². The fraction of sp³-hybridized carbons (Fsp3) is 0.364. The summed E-state index contributed by atoms with van der Waals surface area (Å²) in [5.74, 6) is 0.576. The molecule has 2 aromatic carbocycles. The van der Waals surface area contributed by atoms with Crippen molar-refractivity contribution in [3.8, 4) is 5.75 Å². The molecule has 0 atom stereocenters. The van der Waals surface area contributed by atoms with Crippen LogP contribution in [0.5, 0.6) is 5.75 Å². The van der Waals surface area contributed by atoms with Crippen LogP contribution in [-0.2, 0) is 11.2 Å². The number of anilines is 2. The van der Waals surface area contributed by atoms with Crippen LogP contribution in [0.4, 0.5) is 11.4 Å². The highest BCUT2D eigenvalue weighted by molar-refractivity contribution is 6.02. The molecule has 2 aromatic rings. The normalized spacial score (nSPS) is 10.3. The Morgan fingerprint density at radius 1 is 1.00 bits per heavy atom. The minimum atomic E-state index is -0.135. The minimum absolute atomic E-state index is 0.0417. The molecule has 0 aromatic heterocycles. The average molecular weight is 383 g/mol. The summed E-state index contributed by atoms with van der Waals surface area (Å²) in [6, 6.07) is 12.8. The van der Waals surface area contributed by atoms with Crippen LogP contribution in [0.15, 0.2) is 42.5 Å². The van der Waals surface area contributed by atoms with Crippen LogP contribution in [-0.4, -0.2) is 51.0 Å². The second kappa shape index (κ2) is 9.78. The minimum Gasteiger partial charge on any atom is -0.497 e. The molecule has 0 heterocycles. The van der Waals surface area contributed by atoms with Gasteiger partial charge in [0.2, 0.25) is 5.91 Å². The largest absolute Gasteiger partial charge is 0.497 e. The zero-order valence-electron chi connectivity index (χ0n) is 17.3. The summed E-state index contributed by atoms with van der Waals surface area (Å²) in [4.78, 5) is 29.0. The maximum absolute atomic E-state index is 12.9.